The van der Waals surface area contributed by atoms with E-state index in [9.17, 15) is 4.91 Å². The molecule has 23 heavy (non-hydrogen) atoms. The van der Waals surface area contributed by atoms with Gasteiger partial charge in [0.2, 0.25) is 0 Å². The maximum absolute atomic E-state index is 11.4. The molecule has 0 spiro atoms. The van der Waals surface area contributed by atoms with E-state index >= 15 is 0 Å². The molecule has 3 rings (SSSR count). The number of aromatic nitrogens is 2. The average Bonchev–Trinajstić information content (AvgIpc) is 2.63. The number of aryl methyl sites for hydroxylation is 2. The van der Waals surface area contributed by atoms with Gasteiger partial charge in [0, 0.05) is 35.4 Å². The summed E-state index contributed by atoms with van der Waals surface area (Å²) in [6.07, 6.45) is 6.77. The van der Waals surface area contributed by atoms with Gasteiger partial charge in [-0.1, -0.05) is 47.6 Å². The van der Waals surface area contributed by atoms with Gasteiger partial charge in [-0.25, -0.2) is 0 Å². The van der Waals surface area contributed by atoms with E-state index in [1.54, 1.807) is 18.6 Å². The average molecular weight is 303 g/mol. The van der Waals surface area contributed by atoms with Crippen molar-refractivity contribution in [3.05, 3.63) is 100 Å². The summed E-state index contributed by atoms with van der Waals surface area (Å²) in [7, 11) is 0. The lowest BCUT2D eigenvalue weighted by Gasteiger charge is -2.13. The molecular weight excluding hydrogens is 286 g/mol. The number of pyridine rings is 2. The van der Waals surface area contributed by atoms with Gasteiger partial charge in [-0.05, 0) is 30.5 Å². The van der Waals surface area contributed by atoms with Crippen molar-refractivity contribution >= 4 is 0 Å². The van der Waals surface area contributed by atoms with Crippen LogP contribution in [0.5, 0.6) is 0 Å². The Morgan fingerprint density at radius 2 is 1.74 bits per heavy atom. The van der Waals surface area contributed by atoms with Crippen LogP contribution in [0.25, 0.3) is 0 Å². The molecule has 2 heterocycles. The van der Waals surface area contributed by atoms with Crippen molar-refractivity contribution in [2.24, 2.45) is 5.18 Å². The van der Waals surface area contributed by atoms with Gasteiger partial charge in [0.15, 0.2) is 0 Å². The summed E-state index contributed by atoms with van der Waals surface area (Å²) in [5.41, 5.74) is 3.80. The molecule has 0 saturated heterocycles. The van der Waals surface area contributed by atoms with Gasteiger partial charge in [0.05, 0.1) is 0 Å². The second-order valence-corrected chi connectivity index (χ2v) is 5.32. The zero-order chi connectivity index (χ0) is 15.9. The monoisotopic (exact) mass is 303 g/mol. The van der Waals surface area contributed by atoms with Gasteiger partial charge in [0.1, 0.15) is 6.04 Å². The fourth-order valence-corrected chi connectivity index (χ4v) is 2.65. The van der Waals surface area contributed by atoms with Gasteiger partial charge < -0.3 is 0 Å². The first-order valence-electron chi connectivity index (χ1n) is 7.58. The van der Waals surface area contributed by atoms with E-state index < -0.39 is 6.04 Å². The Labute approximate surface area is 135 Å². The molecule has 0 fully saturated rings. The predicted octanol–water partition coefficient (Wildman–Crippen LogP) is 4.12. The lowest BCUT2D eigenvalue weighted by molar-refractivity contribution is 0.800. The minimum Gasteiger partial charge on any atom is -0.264 e. The molecule has 0 saturated carbocycles. The van der Waals surface area contributed by atoms with Crippen molar-refractivity contribution in [1.82, 2.24) is 9.97 Å². The van der Waals surface area contributed by atoms with Crippen molar-refractivity contribution in [2.45, 2.75) is 18.9 Å². The third-order valence-corrected chi connectivity index (χ3v) is 3.82. The van der Waals surface area contributed by atoms with Crippen molar-refractivity contribution in [3.8, 4) is 0 Å². The highest BCUT2D eigenvalue weighted by Crippen LogP contribution is 2.27. The molecule has 114 valence electrons. The normalized spacial score (nSPS) is 11.8. The number of benzene rings is 1. The molecule has 1 unspecified atom stereocenters. The highest BCUT2D eigenvalue weighted by molar-refractivity contribution is 5.33. The molecule has 0 radical (unpaired) electrons. The first kappa shape index (κ1) is 15.0. The zero-order valence-electron chi connectivity index (χ0n) is 12.7. The fraction of sp³-hybridized carbons (Fsp3) is 0.158. The molecule has 0 amide bonds. The molecular formula is C19H17N3O. The van der Waals surface area contributed by atoms with Crippen LogP contribution in [0, 0.1) is 4.91 Å². The molecule has 0 aliphatic carbocycles. The highest BCUT2D eigenvalue weighted by atomic mass is 16.3. The molecule has 3 aromatic rings. The third-order valence-electron chi connectivity index (χ3n) is 3.82. The van der Waals surface area contributed by atoms with E-state index in [1.807, 2.05) is 42.5 Å². The van der Waals surface area contributed by atoms with Crippen molar-refractivity contribution in [2.75, 3.05) is 0 Å². The van der Waals surface area contributed by atoms with Crippen LogP contribution in [0.3, 0.4) is 0 Å². The molecule has 2 aromatic heterocycles. The maximum Gasteiger partial charge on any atom is 0.145 e. The van der Waals surface area contributed by atoms with E-state index in [-0.39, 0.29) is 0 Å². The topological polar surface area (TPSA) is 55.2 Å². The number of hydrogen-bond acceptors (Lipinski definition) is 4. The Morgan fingerprint density at radius 3 is 2.48 bits per heavy atom. The van der Waals surface area contributed by atoms with Crippen molar-refractivity contribution < 1.29 is 0 Å². The number of nitrogens with zero attached hydrogens (tertiary/aromatic N) is 3. The Morgan fingerprint density at radius 1 is 0.913 bits per heavy atom. The quantitative estimate of drug-likeness (QED) is 0.644. The SMILES string of the molecule is O=NC(c1cccnc1)c1cccnc1CCc1ccccc1. The summed E-state index contributed by atoms with van der Waals surface area (Å²) in [4.78, 5) is 20.0. The van der Waals surface area contributed by atoms with Crippen LogP contribution in [-0.2, 0) is 12.8 Å². The summed E-state index contributed by atoms with van der Waals surface area (Å²) in [6, 6.07) is 17.1. The lowest BCUT2D eigenvalue weighted by atomic mass is 9.96. The predicted molar refractivity (Wildman–Crippen MR) is 90.0 cm³/mol. The molecule has 0 N–H and O–H groups in total. The standard InChI is InChI=1S/C19H17N3O/c23-22-19(16-8-4-12-20-14-16)17-9-5-13-21-18(17)11-10-15-6-2-1-3-7-15/h1-9,12-14,19H,10-11H2. The van der Waals surface area contributed by atoms with Crippen LogP contribution < -0.4 is 0 Å². The zero-order valence-corrected chi connectivity index (χ0v) is 12.7. The fourth-order valence-electron chi connectivity index (χ4n) is 2.65. The smallest absolute Gasteiger partial charge is 0.145 e. The van der Waals surface area contributed by atoms with E-state index in [0.29, 0.717) is 0 Å². The minimum atomic E-state index is -0.567. The summed E-state index contributed by atoms with van der Waals surface area (Å²) in [5.74, 6) is 0. The number of hydrogen-bond donors (Lipinski definition) is 0. The largest absolute Gasteiger partial charge is 0.264 e. The maximum atomic E-state index is 11.4. The van der Waals surface area contributed by atoms with Crippen LogP contribution >= 0.6 is 0 Å². The van der Waals surface area contributed by atoms with Crippen LogP contribution in [-0.4, -0.2) is 9.97 Å². The summed E-state index contributed by atoms with van der Waals surface area (Å²) < 4.78 is 0. The molecule has 0 aliphatic rings. The first-order valence-corrected chi connectivity index (χ1v) is 7.58. The van der Waals surface area contributed by atoms with Gasteiger partial charge in [-0.3, -0.25) is 9.97 Å². The Bertz CT molecular complexity index is 760. The Balaban J connectivity index is 1.86. The number of rotatable bonds is 6. The van der Waals surface area contributed by atoms with Gasteiger partial charge in [0.25, 0.3) is 0 Å². The summed E-state index contributed by atoms with van der Waals surface area (Å²) in [6.45, 7) is 0. The Kier molecular flexibility index (Phi) is 4.84. The van der Waals surface area contributed by atoms with Gasteiger partial charge >= 0.3 is 0 Å². The van der Waals surface area contributed by atoms with Crippen molar-refractivity contribution in [1.29, 1.82) is 0 Å². The van der Waals surface area contributed by atoms with Crippen LogP contribution in [0.15, 0.2) is 78.4 Å². The second-order valence-electron chi connectivity index (χ2n) is 5.32. The van der Waals surface area contributed by atoms with E-state index in [1.165, 1.54) is 5.56 Å². The molecule has 1 aromatic carbocycles. The first-order chi connectivity index (χ1) is 11.4. The second kappa shape index (κ2) is 7.40. The summed E-state index contributed by atoms with van der Waals surface area (Å²) in [5, 5.41) is 3.31. The van der Waals surface area contributed by atoms with E-state index in [2.05, 4.69) is 27.3 Å². The van der Waals surface area contributed by atoms with Gasteiger partial charge in [-0.15, -0.1) is 4.91 Å². The van der Waals surface area contributed by atoms with Crippen LogP contribution in [0.2, 0.25) is 0 Å². The van der Waals surface area contributed by atoms with E-state index in [4.69, 9.17) is 0 Å². The minimum absolute atomic E-state index is 0.567. The summed E-state index contributed by atoms with van der Waals surface area (Å²) >= 11 is 0. The number of nitroso groups, excluding NO2 is 1. The van der Waals surface area contributed by atoms with E-state index in [0.717, 1.165) is 29.7 Å². The lowest BCUT2D eigenvalue weighted by Crippen LogP contribution is -2.05. The highest BCUT2D eigenvalue weighted by Gasteiger charge is 2.18. The van der Waals surface area contributed by atoms with Crippen LogP contribution in [0.4, 0.5) is 0 Å². The van der Waals surface area contributed by atoms with Gasteiger partial charge in [-0.2, -0.15) is 0 Å². The van der Waals surface area contributed by atoms with Crippen molar-refractivity contribution in [3.63, 3.8) is 0 Å². The third kappa shape index (κ3) is 3.66. The molecule has 4 nitrogen and oxygen atoms in total. The molecule has 0 aliphatic heterocycles. The Hall–Kier alpha value is -2.88. The molecule has 1 atom stereocenters. The molecule has 4 heteroatoms. The van der Waals surface area contributed by atoms with Crippen LogP contribution in [0.1, 0.15) is 28.4 Å². The molecule has 0 bridgehead atoms.